The third kappa shape index (κ3) is 5.41. The minimum absolute atomic E-state index is 0.124. The van der Waals surface area contributed by atoms with E-state index in [9.17, 15) is 9.59 Å². The number of β-amino-alcohol motifs (C(OH)–C–C–N with tert-alkyl or cyclic N) is 1. The Kier molecular flexibility index (Phi) is 6.54. The number of carbonyl (C=O) groups is 2. The number of aliphatic hydroxyl groups is 1. The lowest BCUT2D eigenvalue weighted by molar-refractivity contribution is -0.138. The number of nitrogens with zero attached hydrogens (tertiary/aromatic N) is 2. The van der Waals surface area contributed by atoms with Crippen molar-refractivity contribution in [3.05, 3.63) is 0 Å². The summed E-state index contributed by atoms with van der Waals surface area (Å²) < 4.78 is 0. The largest absolute Gasteiger partial charge is 0.480 e. The third-order valence-corrected chi connectivity index (χ3v) is 3.12. The van der Waals surface area contributed by atoms with E-state index in [0.29, 0.717) is 19.6 Å². The summed E-state index contributed by atoms with van der Waals surface area (Å²) in [4.78, 5) is 26.0. The summed E-state index contributed by atoms with van der Waals surface area (Å²) >= 11 is 0. The minimum atomic E-state index is -1.06. The summed E-state index contributed by atoms with van der Waals surface area (Å²) in [6.07, 6.45) is 0.214. The van der Waals surface area contributed by atoms with E-state index in [1.807, 2.05) is 0 Å². The number of carboxylic acid groups (broad SMARTS) is 1. The molecule has 19 heavy (non-hydrogen) atoms. The number of amides is 2. The van der Waals surface area contributed by atoms with Crippen molar-refractivity contribution in [3.8, 4) is 0 Å². The maximum Gasteiger partial charge on any atom is 0.320 e. The molecule has 0 radical (unpaired) electrons. The second kappa shape index (κ2) is 7.93. The normalized spacial score (nSPS) is 18.1. The molecule has 0 spiro atoms. The Morgan fingerprint density at radius 1 is 1.26 bits per heavy atom. The van der Waals surface area contributed by atoms with Gasteiger partial charge in [-0.05, 0) is 6.42 Å². The SMILES string of the molecule is NC(CCNC(=O)N1CCN(CCO)CC1)C(=O)O. The smallest absolute Gasteiger partial charge is 0.320 e. The molecule has 0 aromatic carbocycles. The molecule has 2 amide bonds. The molecule has 1 atom stereocenters. The highest BCUT2D eigenvalue weighted by molar-refractivity contribution is 5.75. The second-order valence-corrected chi connectivity index (χ2v) is 4.52. The lowest BCUT2D eigenvalue weighted by Crippen LogP contribution is -2.52. The van der Waals surface area contributed by atoms with Gasteiger partial charge >= 0.3 is 12.0 Å². The third-order valence-electron chi connectivity index (χ3n) is 3.12. The van der Waals surface area contributed by atoms with Crippen LogP contribution in [0.5, 0.6) is 0 Å². The summed E-state index contributed by atoms with van der Waals surface area (Å²) in [7, 11) is 0. The van der Waals surface area contributed by atoms with E-state index in [0.717, 1.165) is 13.1 Å². The predicted molar refractivity (Wildman–Crippen MR) is 68.7 cm³/mol. The second-order valence-electron chi connectivity index (χ2n) is 4.52. The number of aliphatic hydroxyl groups excluding tert-OH is 1. The molecule has 0 aromatic heterocycles. The van der Waals surface area contributed by atoms with Crippen LogP contribution in [0, 0.1) is 0 Å². The summed E-state index contributed by atoms with van der Waals surface area (Å²) in [6.45, 7) is 3.70. The monoisotopic (exact) mass is 274 g/mol. The zero-order chi connectivity index (χ0) is 14.3. The van der Waals surface area contributed by atoms with Crippen LogP contribution in [-0.2, 0) is 4.79 Å². The molecule has 8 heteroatoms. The first kappa shape index (κ1) is 15.7. The molecule has 1 unspecified atom stereocenters. The molecule has 1 aliphatic heterocycles. The molecule has 0 bridgehead atoms. The molecular weight excluding hydrogens is 252 g/mol. The first-order chi connectivity index (χ1) is 9.04. The number of piperazine rings is 1. The Morgan fingerprint density at radius 2 is 1.89 bits per heavy atom. The maximum absolute atomic E-state index is 11.8. The van der Waals surface area contributed by atoms with Crippen LogP contribution in [0.3, 0.4) is 0 Å². The zero-order valence-corrected chi connectivity index (χ0v) is 10.9. The van der Waals surface area contributed by atoms with E-state index in [2.05, 4.69) is 10.2 Å². The van der Waals surface area contributed by atoms with E-state index in [1.54, 1.807) is 4.90 Å². The van der Waals surface area contributed by atoms with Crippen molar-refractivity contribution in [1.29, 1.82) is 0 Å². The van der Waals surface area contributed by atoms with Crippen molar-refractivity contribution in [2.75, 3.05) is 45.9 Å². The average Bonchev–Trinajstić information content (AvgIpc) is 2.39. The zero-order valence-electron chi connectivity index (χ0n) is 10.9. The molecule has 8 nitrogen and oxygen atoms in total. The van der Waals surface area contributed by atoms with Gasteiger partial charge in [0.05, 0.1) is 6.61 Å². The van der Waals surface area contributed by atoms with Crippen molar-refractivity contribution < 1.29 is 19.8 Å². The number of carbonyl (C=O) groups excluding carboxylic acids is 1. The van der Waals surface area contributed by atoms with Crippen LogP contribution in [-0.4, -0.2) is 83.9 Å². The summed E-state index contributed by atoms with van der Waals surface area (Å²) in [5.41, 5.74) is 5.34. The lowest BCUT2D eigenvalue weighted by atomic mass is 10.2. The highest BCUT2D eigenvalue weighted by Crippen LogP contribution is 2.01. The van der Waals surface area contributed by atoms with Crippen molar-refractivity contribution >= 4 is 12.0 Å². The van der Waals surface area contributed by atoms with Gasteiger partial charge in [0.25, 0.3) is 0 Å². The summed E-state index contributed by atoms with van der Waals surface area (Å²) in [6, 6.07) is -1.14. The molecule has 1 aliphatic rings. The molecule has 0 aliphatic carbocycles. The number of rotatable bonds is 6. The molecule has 1 rings (SSSR count). The van der Waals surface area contributed by atoms with E-state index in [4.69, 9.17) is 15.9 Å². The van der Waals surface area contributed by atoms with Gasteiger partial charge in [0, 0.05) is 39.3 Å². The van der Waals surface area contributed by atoms with Gasteiger partial charge < -0.3 is 26.2 Å². The molecule has 5 N–H and O–H groups in total. The van der Waals surface area contributed by atoms with Crippen molar-refractivity contribution in [2.45, 2.75) is 12.5 Å². The molecule has 0 saturated carbocycles. The minimum Gasteiger partial charge on any atom is -0.480 e. The number of urea groups is 1. The molecule has 1 saturated heterocycles. The number of hydrogen-bond donors (Lipinski definition) is 4. The molecule has 0 aromatic rings. The maximum atomic E-state index is 11.8. The van der Waals surface area contributed by atoms with Crippen LogP contribution in [0.4, 0.5) is 4.79 Å². The van der Waals surface area contributed by atoms with Crippen LogP contribution in [0.2, 0.25) is 0 Å². The van der Waals surface area contributed by atoms with Gasteiger partial charge in [0.1, 0.15) is 6.04 Å². The van der Waals surface area contributed by atoms with E-state index in [1.165, 1.54) is 0 Å². The Labute approximate surface area is 112 Å². The van der Waals surface area contributed by atoms with Crippen molar-refractivity contribution in [2.24, 2.45) is 5.73 Å². The Bertz CT molecular complexity index is 305. The number of hydrogen-bond acceptors (Lipinski definition) is 5. The van der Waals surface area contributed by atoms with Crippen molar-refractivity contribution in [3.63, 3.8) is 0 Å². The van der Waals surface area contributed by atoms with E-state index >= 15 is 0 Å². The fraction of sp³-hybridized carbons (Fsp3) is 0.818. The first-order valence-corrected chi connectivity index (χ1v) is 6.39. The molecule has 110 valence electrons. The highest BCUT2D eigenvalue weighted by atomic mass is 16.4. The summed E-state index contributed by atoms with van der Waals surface area (Å²) in [5, 5.41) is 20.1. The van der Waals surface area contributed by atoms with Crippen LogP contribution in [0.1, 0.15) is 6.42 Å². The first-order valence-electron chi connectivity index (χ1n) is 6.39. The van der Waals surface area contributed by atoms with Gasteiger partial charge in [-0.25, -0.2) is 4.79 Å². The molecule has 1 fully saturated rings. The predicted octanol–water partition coefficient (Wildman–Crippen LogP) is -1.89. The van der Waals surface area contributed by atoms with Gasteiger partial charge in [0.15, 0.2) is 0 Å². The van der Waals surface area contributed by atoms with Crippen LogP contribution >= 0.6 is 0 Å². The van der Waals surface area contributed by atoms with Crippen molar-refractivity contribution in [1.82, 2.24) is 15.1 Å². The van der Waals surface area contributed by atoms with Gasteiger partial charge in [-0.15, -0.1) is 0 Å². The number of carboxylic acids is 1. The Morgan fingerprint density at radius 3 is 2.42 bits per heavy atom. The summed E-state index contributed by atoms with van der Waals surface area (Å²) in [5.74, 6) is -1.06. The van der Waals surface area contributed by atoms with Crippen LogP contribution in [0.15, 0.2) is 0 Å². The van der Waals surface area contributed by atoms with E-state index < -0.39 is 12.0 Å². The lowest BCUT2D eigenvalue weighted by Gasteiger charge is -2.34. The van der Waals surface area contributed by atoms with Gasteiger partial charge in [-0.2, -0.15) is 0 Å². The average molecular weight is 274 g/mol. The Balaban J connectivity index is 2.19. The number of nitrogens with one attached hydrogen (secondary N) is 1. The fourth-order valence-corrected chi connectivity index (χ4v) is 1.89. The highest BCUT2D eigenvalue weighted by Gasteiger charge is 2.20. The number of aliphatic carboxylic acids is 1. The van der Waals surface area contributed by atoms with Gasteiger partial charge in [-0.3, -0.25) is 9.69 Å². The fourth-order valence-electron chi connectivity index (χ4n) is 1.89. The van der Waals surface area contributed by atoms with Crippen LogP contribution in [0.25, 0.3) is 0 Å². The topological polar surface area (TPSA) is 119 Å². The van der Waals surface area contributed by atoms with E-state index in [-0.39, 0.29) is 25.6 Å². The molecule has 1 heterocycles. The number of nitrogens with two attached hydrogens (primary N) is 1. The van der Waals surface area contributed by atoms with Crippen LogP contribution < -0.4 is 11.1 Å². The standard InChI is InChI=1S/C11H22N4O4/c12-9(10(17)18)1-2-13-11(19)15-5-3-14(4-6-15)7-8-16/h9,16H,1-8,12H2,(H,13,19)(H,17,18). The quantitative estimate of drug-likeness (QED) is 0.449. The Hall–Kier alpha value is -1.38. The van der Waals surface area contributed by atoms with Gasteiger partial charge in [0.2, 0.25) is 0 Å². The van der Waals surface area contributed by atoms with Gasteiger partial charge in [-0.1, -0.05) is 0 Å². The molecular formula is C11H22N4O4.